The van der Waals surface area contributed by atoms with Crippen molar-refractivity contribution in [3.05, 3.63) is 46.7 Å². The summed E-state index contributed by atoms with van der Waals surface area (Å²) in [6.45, 7) is 0. The number of rotatable bonds is 3. The minimum absolute atomic E-state index is 0.0789. The number of nitrogens with zero attached hydrogens (tertiary/aromatic N) is 2. The van der Waals surface area contributed by atoms with E-state index < -0.39 is 0 Å². The molecule has 1 unspecified atom stereocenters. The molecule has 0 fully saturated rings. The van der Waals surface area contributed by atoms with Crippen LogP contribution in [0, 0.1) is 0 Å². The second-order valence-electron chi connectivity index (χ2n) is 5.40. The lowest BCUT2D eigenvalue weighted by atomic mass is 10.0. The number of thiazole rings is 1. The van der Waals surface area contributed by atoms with E-state index in [0.29, 0.717) is 23.7 Å². The van der Waals surface area contributed by atoms with Gasteiger partial charge < -0.3 is 9.88 Å². The summed E-state index contributed by atoms with van der Waals surface area (Å²) in [5, 5.41) is 3.41. The van der Waals surface area contributed by atoms with Crippen LogP contribution in [-0.2, 0) is 4.79 Å². The molecule has 1 amide bonds. The molecule has 1 aliphatic heterocycles. The molecule has 1 N–H and O–H groups in total. The first-order chi connectivity index (χ1) is 11.6. The number of aromatic nitrogens is 2. The Labute approximate surface area is 150 Å². The molecule has 8 heteroatoms. The minimum atomic E-state index is -0.378. The van der Waals surface area contributed by atoms with Crippen molar-refractivity contribution in [2.24, 2.45) is 0 Å². The van der Waals surface area contributed by atoms with Gasteiger partial charge in [0.15, 0.2) is 10.9 Å². The number of Topliss-reactive ketones (excluding diaryl/α,β-unsaturated/α-hetero) is 1. The highest BCUT2D eigenvalue weighted by Crippen LogP contribution is 2.36. The van der Waals surface area contributed by atoms with Crippen molar-refractivity contribution >= 4 is 51.1 Å². The van der Waals surface area contributed by atoms with Crippen LogP contribution in [0.3, 0.4) is 0 Å². The zero-order valence-corrected chi connectivity index (χ0v) is 14.7. The summed E-state index contributed by atoms with van der Waals surface area (Å²) in [5.41, 5.74) is 0.592. The van der Waals surface area contributed by atoms with Gasteiger partial charge in [-0.1, -0.05) is 22.9 Å². The molecular weight excluding hydrogens is 366 g/mol. The zero-order chi connectivity index (χ0) is 16.7. The molecule has 0 bridgehead atoms. The van der Waals surface area contributed by atoms with Crippen LogP contribution in [0.4, 0.5) is 5.13 Å². The predicted octanol–water partition coefficient (Wildman–Crippen LogP) is 4.48. The number of halogens is 1. The fraction of sp³-hybridized carbons (Fsp3) is 0.188. The fourth-order valence-electron chi connectivity index (χ4n) is 2.78. The molecule has 0 aliphatic carbocycles. The van der Waals surface area contributed by atoms with Crippen molar-refractivity contribution in [3.63, 3.8) is 0 Å². The molecule has 0 aromatic carbocycles. The molecule has 1 atom stereocenters. The Bertz CT molecular complexity index is 927. The topological polar surface area (TPSA) is 64.0 Å². The van der Waals surface area contributed by atoms with E-state index in [4.69, 9.17) is 11.6 Å². The summed E-state index contributed by atoms with van der Waals surface area (Å²) in [6.07, 6.45) is 4.40. The van der Waals surface area contributed by atoms with Gasteiger partial charge in [0, 0.05) is 23.7 Å². The summed E-state index contributed by atoms with van der Waals surface area (Å²) in [5.74, 6) is -0.0692. The van der Waals surface area contributed by atoms with Gasteiger partial charge in [-0.3, -0.25) is 9.59 Å². The van der Waals surface area contributed by atoms with E-state index in [1.807, 2.05) is 12.1 Å². The third-order valence-electron chi connectivity index (χ3n) is 3.90. The summed E-state index contributed by atoms with van der Waals surface area (Å²) in [4.78, 5) is 30.7. The van der Waals surface area contributed by atoms with Gasteiger partial charge in [0.2, 0.25) is 5.91 Å². The van der Waals surface area contributed by atoms with Crippen LogP contribution >= 0.6 is 34.3 Å². The number of thiophene rings is 1. The first-order valence-corrected chi connectivity index (χ1v) is 9.35. The van der Waals surface area contributed by atoms with Gasteiger partial charge >= 0.3 is 0 Å². The van der Waals surface area contributed by atoms with Gasteiger partial charge in [-0.2, -0.15) is 0 Å². The van der Waals surface area contributed by atoms with Crippen molar-refractivity contribution in [3.8, 4) is 9.75 Å². The Hall–Kier alpha value is -1.96. The fourth-order valence-corrected chi connectivity index (χ4v) is 4.71. The average molecular weight is 378 g/mol. The van der Waals surface area contributed by atoms with Gasteiger partial charge in [-0.25, -0.2) is 4.98 Å². The molecule has 0 saturated carbocycles. The molecule has 0 radical (unpaired) electrons. The predicted molar refractivity (Wildman–Crippen MR) is 96.1 cm³/mol. The first-order valence-electron chi connectivity index (χ1n) is 7.34. The lowest BCUT2D eigenvalue weighted by Crippen LogP contribution is -2.31. The van der Waals surface area contributed by atoms with Crippen LogP contribution in [-0.4, -0.2) is 21.2 Å². The molecule has 4 rings (SSSR count). The molecule has 24 heavy (non-hydrogen) atoms. The molecule has 4 heterocycles. The maximum Gasteiger partial charge on any atom is 0.249 e. The van der Waals surface area contributed by atoms with Crippen molar-refractivity contribution in [1.82, 2.24) is 9.55 Å². The van der Waals surface area contributed by atoms with Gasteiger partial charge in [0.25, 0.3) is 0 Å². The van der Waals surface area contributed by atoms with Gasteiger partial charge in [-0.15, -0.1) is 11.3 Å². The van der Waals surface area contributed by atoms with Crippen LogP contribution in [0.2, 0.25) is 4.34 Å². The lowest BCUT2D eigenvalue weighted by Gasteiger charge is -2.24. The lowest BCUT2D eigenvalue weighted by molar-refractivity contribution is -0.119. The molecule has 0 saturated heterocycles. The largest absolute Gasteiger partial charge is 0.333 e. The first kappa shape index (κ1) is 15.6. The molecule has 1 aliphatic rings. The van der Waals surface area contributed by atoms with Crippen molar-refractivity contribution in [1.29, 1.82) is 0 Å². The maximum atomic E-state index is 12.6. The monoisotopic (exact) mass is 377 g/mol. The average Bonchev–Trinajstić information content (AvgIpc) is 3.27. The van der Waals surface area contributed by atoms with Crippen LogP contribution in [0.15, 0.2) is 36.7 Å². The Kier molecular flexibility index (Phi) is 3.99. The summed E-state index contributed by atoms with van der Waals surface area (Å²) >= 11 is 8.84. The highest BCUT2D eigenvalue weighted by Gasteiger charge is 2.29. The van der Waals surface area contributed by atoms with E-state index in [9.17, 15) is 9.59 Å². The van der Waals surface area contributed by atoms with Crippen LogP contribution in [0.25, 0.3) is 9.75 Å². The van der Waals surface area contributed by atoms with Gasteiger partial charge in [0.1, 0.15) is 6.04 Å². The molecule has 5 nitrogen and oxygen atoms in total. The molecule has 3 aromatic rings. The van der Waals surface area contributed by atoms with E-state index in [2.05, 4.69) is 10.3 Å². The SMILES string of the molecule is O=C1CCC(C(=O)Nc2ncc(-c3ccc(Cl)s3)s2)n2cccc21. The number of fused-ring (bicyclic) bond motifs is 1. The number of nitrogens with one attached hydrogen (secondary N) is 1. The van der Waals surface area contributed by atoms with Crippen molar-refractivity contribution in [2.75, 3.05) is 5.32 Å². The Balaban J connectivity index is 1.52. The Morgan fingerprint density at radius 1 is 1.29 bits per heavy atom. The quantitative estimate of drug-likeness (QED) is 0.731. The van der Waals surface area contributed by atoms with E-state index in [1.165, 1.54) is 22.7 Å². The Morgan fingerprint density at radius 2 is 2.17 bits per heavy atom. The maximum absolute atomic E-state index is 12.6. The molecular formula is C16H12ClN3O2S2. The number of hydrogen-bond acceptors (Lipinski definition) is 5. The van der Waals surface area contributed by atoms with E-state index >= 15 is 0 Å². The number of hydrogen-bond donors (Lipinski definition) is 1. The zero-order valence-electron chi connectivity index (χ0n) is 12.4. The second kappa shape index (κ2) is 6.16. The van der Waals surface area contributed by atoms with E-state index in [1.54, 1.807) is 29.1 Å². The van der Waals surface area contributed by atoms with Crippen LogP contribution in [0.1, 0.15) is 29.4 Å². The minimum Gasteiger partial charge on any atom is -0.333 e. The third-order valence-corrected chi connectivity index (χ3v) is 6.24. The number of carbonyl (C=O) groups excluding carboxylic acids is 2. The van der Waals surface area contributed by atoms with Crippen LogP contribution < -0.4 is 5.32 Å². The van der Waals surface area contributed by atoms with Crippen molar-refractivity contribution in [2.45, 2.75) is 18.9 Å². The van der Waals surface area contributed by atoms with Crippen LogP contribution in [0.5, 0.6) is 0 Å². The highest BCUT2D eigenvalue weighted by molar-refractivity contribution is 7.25. The van der Waals surface area contributed by atoms with Gasteiger partial charge in [-0.05, 0) is 30.7 Å². The summed E-state index contributed by atoms with van der Waals surface area (Å²) in [6, 6.07) is 6.94. The van der Waals surface area contributed by atoms with Gasteiger partial charge in [0.05, 0.1) is 14.9 Å². The number of carbonyl (C=O) groups is 2. The standard InChI is InChI=1S/C16H12ClN3O2S2/c17-14-6-5-12(23-14)13-8-18-16(24-13)19-15(22)10-3-4-11(21)9-2-1-7-20(9)10/h1-2,5-8,10H,3-4H2,(H,18,19,22). The van der Waals surface area contributed by atoms with E-state index in [0.717, 1.165) is 14.1 Å². The molecule has 0 spiro atoms. The molecule has 3 aromatic heterocycles. The number of amides is 1. The Morgan fingerprint density at radius 3 is 2.96 bits per heavy atom. The summed E-state index contributed by atoms with van der Waals surface area (Å²) < 4.78 is 2.46. The number of ketones is 1. The smallest absolute Gasteiger partial charge is 0.249 e. The van der Waals surface area contributed by atoms with E-state index in [-0.39, 0.29) is 17.7 Å². The summed E-state index contributed by atoms with van der Waals surface area (Å²) in [7, 11) is 0. The number of anilines is 1. The third kappa shape index (κ3) is 2.79. The second-order valence-corrected chi connectivity index (χ2v) is 8.15. The normalized spacial score (nSPS) is 16.9. The highest BCUT2D eigenvalue weighted by atomic mass is 35.5. The van der Waals surface area contributed by atoms with Crippen molar-refractivity contribution < 1.29 is 9.59 Å². The molecule has 122 valence electrons.